The van der Waals surface area contributed by atoms with E-state index in [9.17, 15) is 22.4 Å². The van der Waals surface area contributed by atoms with Gasteiger partial charge in [0.25, 0.3) is 5.91 Å². The van der Waals surface area contributed by atoms with Crippen molar-refractivity contribution in [2.24, 2.45) is 22.6 Å². The molecule has 2 aromatic carbocycles. The number of nitrogens with two attached hydrogens (primary N) is 3. The molecular formula is C32H42FN5O5S. The summed E-state index contributed by atoms with van der Waals surface area (Å²) in [7, 11) is -3.75. The second-order valence-electron chi connectivity index (χ2n) is 12.9. The molecule has 2 heterocycles. The summed E-state index contributed by atoms with van der Waals surface area (Å²) in [4.78, 5) is 24.9. The maximum absolute atomic E-state index is 14.4. The van der Waals surface area contributed by atoms with Gasteiger partial charge in [-0.2, -0.15) is 0 Å². The Morgan fingerprint density at radius 2 is 1.84 bits per heavy atom. The average Bonchev–Trinajstić information content (AvgIpc) is 3.26. The fourth-order valence-corrected chi connectivity index (χ4v) is 8.77. The standard InChI is InChI=1S/C32H42FN5O5S/c1-32(2)17-28-29(24-13-7-20(33)16-27(24)38(28)44(41,42)18-32)19-6-12-23(30(36)39)26(15-19)37-21-8-10-22(11-9-21)43-31(40)25(35)5-3-4-14-34/h6-7,12-13,15-16,21-22,25,37H,3-5,8-11,14,17-18,34-35H2,1-2H3,(H2,36,39)/t21-,22-,25-/m0/s1. The van der Waals surface area contributed by atoms with Gasteiger partial charge >= 0.3 is 5.97 Å². The van der Waals surface area contributed by atoms with Crippen LogP contribution < -0.4 is 22.5 Å². The van der Waals surface area contributed by atoms with Crippen LogP contribution in [0.25, 0.3) is 22.0 Å². The smallest absolute Gasteiger partial charge is 0.323 e. The zero-order valence-corrected chi connectivity index (χ0v) is 26.1. The summed E-state index contributed by atoms with van der Waals surface area (Å²) in [6, 6.07) is 8.73. The van der Waals surface area contributed by atoms with Crippen LogP contribution in [0.4, 0.5) is 10.1 Å². The lowest BCUT2D eigenvalue weighted by atomic mass is 9.87. The normalized spacial score (nSPS) is 21.4. The van der Waals surface area contributed by atoms with Gasteiger partial charge in [0.15, 0.2) is 0 Å². The quantitative estimate of drug-likeness (QED) is 0.193. The lowest BCUT2D eigenvalue weighted by Crippen LogP contribution is -2.37. The highest BCUT2D eigenvalue weighted by atomic mass is 32.2. The van der Waals surface area contributed by atoms with Gasteiger partial charge in [0.05, 0.1) is 16.8 Å². The summed E-state index contributed by atoms with van der Waals surface area (Å²) < 4.78 is 48.2. The summed E-state index contributed by atoms with van der Waals surface area (Å²) in [5.41, 5.74) is 19.8. The zero-order chi connectivity index (χ0) is 31.8. The van der Waals surface area contributed by atoms with Crippen molar-refractivity contribution >= 4 is 38.5 Å². The lowest BCUT2D eigenvalue weighted by Gasteiger charge is -2.32. The van der Waals surface area contributed by atoms with Crippen molar-refractivity contribution in [3.05, 3.63) is 53.5 Å². The summed E-state index contributed by atoms with van der Waals surface area (Å²) in [6.45, 7) is 4.37. The fraction of sp³-hybridized carbons (Fsp3) is 0.500. The Morgan fingerprint density at radius 1 is 1.11 bits per heavy atom. The average molecular weight is 628 g/mol. The molecule has 7 N–H and O–H groups in total. The van der Waals surface area contributed by atoms with Crippen molar-refractivity contribution in [2.75, 3.05) is 17.6 Å². The molecule has 1 aliphatic carbocycles. The minimum Gasteiger partial charge on any atom is -0.461 e. The number of fused-ring (bicyclic) bond motifs is 3. The van der Waals surface area contributed by atoms with Gasteiger partial charge in [-0.1, -0.05) is 26.3 Å². The molecule has 1 amide bonds. The van der Waals surface area contributed by atoms with Crippen LogP contribution in [0.3, 0.4) is 0 Å². The number of nitrogens with one attached hydrogen (secondary N) is 1. The van der Waals surface area contributed by atoms with Crippen LogP contribution in [0.15, 0.2) is 36.4 Å². The molecule has 1 fully saturated rings. The predicted octanol–water partition coefficient (Wildman–Crippen LogP) is 4.03. The molecule has 12 heteroatoms. The molecular weight excluding hydrogens is 585 g/mol. The highest BCUT2D eigenvalue weighted by Crippen LogP contribution is 2.44. The highest BCUT2D eigenvalue weighted by molar-refractivity contribution is 7.90. The number of hydrogen-bond donors (Lipinski definition) is 4. The van der Waals surface area contributed by atoms with Crippen LogP contribution in [0.2, 0.25) is 0 Å². The number of carbonyl (C=O) groups is 2. The van der Waals surface area contributed by atoms with Crippen molar-refractivity contribution in [3.63, 3.8) is 0 Å². The van der Waals surface area contributed by atoms with Crippen molar-refractivity contribution in [3.8, 4) is 11.1 Å². The van der Waals surface area contributed by atoms with Crippen molar-refractivity contribution in [1.82, 2.24) is 3.97 Å². The molecule has 2 aliphatic rings. The molecule has 44 heavy (non-hydrogen) atoms. The first-order valence-electron chi connectivity index (χ1n) is 15.2. The summed E-state index contributed by atoms with van der Waals surface area (Å²) in [5, 5.41) is 4.09. The maximum Gasteiger partial charge on any atom is 0.323 e. The van der Waals surface area contributed by atoms with Crippen molar-refractivity contribution < 1.29 is 27.1 Å². The largest absolute Gasteiger partial charge is 0.461 e. The second kappa shape index (κ2) is 12.5. The minimum atomic E-state index is -3.75. The Hall–Kier alpha value is -3.48. The number of aromatic nitrogens is 1. The molecule has 3 aromatic rings. The Kier molecular flexibility index (Phi) is 9.06. The van der Waals surface area contributed by atoms with Gasteiger partial charge in [-0.05, 0) is 92.8 Å². The van der Waals surface area contributed by atoms with Crippen LogP contribution in [-0.4, -0.2) is 54.8 Å². The number of amides is 1. The molecule has 0 spiro atoms. The van der Waals surface area contributed by atoms with Crippen molar-refractivity contribution in [1.29, 1.82) is 0 Å². The zero-order valence-electron chi connectivity index (χ0n) is 25.3. The number of unbranched alkanes of at least 4 members (excludes halogenated alkanes) is 1. The van der Waals surface area contributed by atoms with Crippen LogP contribution in [0.5, 0.6) is 0 Å². The Balaban J connectivity index is 1.41. The van der Waals surface area contributed by atoms with Crippen molar-refractivity contribution in [2.45, 2.75) is 83.4 Å². The van der Waals surface area contributed by atoms with E-state index < -0.39 is 39.2 Å². The topological polar surface area (TPSA) is 173 Å². The van der Waals surface area contributed by atoms with E-state index in [1.54, 1.807) is 18.2 Å². The number of halogens is 1. The van der Waals surface area contributed by atoms with E-state index >= 15 is 0 Å². The van der Waals surface area contributed by atoms with Gasteiger partial charge < -0.3 is 27.3 Å². The highest BCUT2D eigenvalue weighted by Gasteiger charge is 2.39. The summed E-state index contributed by atoms with van der Waals surface area (Å²) in [5.74, 6) is -1.57. The van der Waals surface area contributed by atoms with Gasteiger partial charge in [-0.15, -0.1) is 0 Å². The SMILES string of the molecule is CC1(C)Cc2c(-c3ccc(C(N)=O)c(N[C@H]4CC[C@H](OC(=O)[C@@H](N)CCCCN)CC4)c3)c3ccc(F)cc3n2S(=O)(=O)C1. The predicted molar refractivity (Wildman–Crippen MR) is 169 cm³/mol. The molecule has 0 saturated heterocycles. The van der Waals surface area contributed by atoms with E-state index in [0.717, 1.165) is 12.8 Å². The second-order valence-corrected chi connectivity index (χ2v) is 14.7. The summed E-state index contributed by atoms with van der Waals surface area (Å²) in [6.07, 6.45) is 5.03. The molecule has 238 valence electrons. The molecule has 1 saturated carbocycles. The Labute approximate surface area is 257 Å². The first-order chi connectivity index (χ1) is 20.8. The molecule has 1 aliphatic heterocycles. The number of ether oxygens (including phenoxy) is 1. The molecule has 1 aromatic heterocycles. The molecule has 10 nitrogen and oxygen atoms in total. The molecule has 0 bridgehead atoms. The van der Waals surface area contributed by atoms with Gasteiger partial charge in [0.1, 0.15) is 18.0 Å². The van der Waals surface area contributed by atoms with E-state index in [1.165, 1.54) is 16.1 Å². The van der Waals surface area contributed by atoms with Gasteiger partial charge in [0.2, 0.25) is 10.0 Å². The van der Waals surface area contributed by atoms with E-state index in [2.05, 4.69) is 5.32 Å². The summed E-state index contributed by atoms with van der Waals surface area (Å²) >= 11 is 0. The monoisotopic (exact) mass is 627 g/mol. The molecule has 0 radical (unpaired) electrons. The minimum absolute atomic E-state index is 0.00960. The first kappa shape index (κ1) is 31.9. The Bertz CT molecular complexity index is 1680. The third-order valence-electron chi connectivity index (χ3n) is 8.64. The van der Waals surface area contributed by atoms with E-state index in [1.807, 2.05) is 19.9 Å². The van der Waals surface area contributed by atoms with E-state index in [0.29, 0.717) is 84.0 Å². The van der Waals surface area contributed by atoms with Crippen LogP contribution in [-0.2, 0) is 26.0 Å². The van der Waals surface area contributed by atoms with Crippen LogP contribution in [0, 0.1) is 11.2 Å². The van der Waals surface area contributed by atoms with Gasteiger partial charge in [-0.3, -0.25) is 9.59 Å². The number of primary amides is 1. The molecule has 0 unspecified atom stereocenters. The van der Waals surface area contributed by atoms with Crippen LogP contribution in [0.1, 0.15) is 74.8 Å². The Morgan fingerprint density at radius 3 is 2.52 bits per heavy atom. The van der Waals surface area contributed by atoms with Gasteiger partial charge in [-0.25, -0.2) is 16.8 Å². The third kappa shape index (κ3) is 6.62. The fourth-order valence-electron chi connectivity index (χ4n) is 6.61. The number of anilines is 1. The number of rotatable bonds is 10. The maximum atomic E-state index is 14.4. The first-order valence-corrected chi connectivity index (χ1v) is 16.8. The van der Waals surface area contributed by atoms with Gasteiger partial charge in [0, 0.05) is 28.4 Å². The number of hydrogen-bond acceptors (Lipinski definition) is 8. The van der Waals surface area contributed by atoms with E-state index in [-0.39, 0.29) is 17.9 Å². The number of benzene rings is 2. The number of esters is 1. The number of nitrogens with zero attached hydrogens (tertiary/aromatic N) is 1. The van der Waals surface area contributed by atoms with E-state index in [4.69, 9.17) is 21.9 Å². The number of carbonyl (C=O) groups excluding carboxylic acids is 2. The molecule has 5 rings (SSSR count). The van der Waals surface area contributed by atoms with Crippen LogP contribution >= 0.6 is 0 Å². The third-order valence-corrected chi connectivity index (χ3v) is 10.8. The molecule has 1 atom stereocenters. The lowest BCUT2D eigenvalue weighted by molar-refractivity contribution is -0.152.